The van der Waals surface area contributed by atoms with Crippen LogP contribution in [0.3, 0.4) is 0 Å². The van der Waals surface area contributed by atoms with Crippen molar-refractivity contribution in [2.24, 2.45) is 7.05 Å². The molecule has 0 unspecified atom stereocenters. The summed E-state index contributed by atoms with van der Waals surface area (Å²) in [5, 5.41) is 5.35. The molecule has 0 aliphatic carbocycles. The molecular formula is C16H16FN3OS. The number of amides is 1. The molecule has 3 aromatic rings. The number of aromatic nitrogens is 2. The van der Waals surface area contributed by atoms with E-state index in [4.69, 9.17) is 0 Å². The number of rotatable bonds is 3. The van der Waals surface area contributed by atoms with Gasteiger partial charge in [-0.05, 0) is 44.2 Å². The minimum atomic E-state index is -0.309. The maximum absolute atomic E-state index is 13.1. The second-order valence-corrected chi connectivity index (χ2v) is 6.09. The molecule has 0 aliphatic heterocycles. The third-order valence-corrected chi connectivity index (χ3v) is 4.80. The number of aryl methyl sites for hydroxylation is 2. The predicted octanol–water partition coefficient (Wildman–Crippen LogP) is 3.75. The van der Waals surface area contributed by atoms with Gasteiger partial charge in [-0.1, -0.05) is 0 Å². The first-order chi connectivity index (χ1) is 10.5. The van der Waals surface area contributed by atoms with E-state index in [1.54, 1.807) is 21.7 Å². The first-order valence-corrected chi connectivity index (χ1v) is 7.83. The summed E-state index contributed by atoms with van der Waals surface area (Å²) in [6, 6.07) is 7.86. The number of anilines is 1. The molecule has 1 amide bonds. The summed E-state index contributed by atoms with van der Waals surface area (Å²) in [7, 11) is 1.87. The average molecular weight is 317 g/mol. The Morgan fingerprint density at radius 3 is 2.64 bits per heavy atom. The Kier molecular flexibility index (Phi) is 3.70. The van der Waals surface area contributed by atoms with E-state index in [0.717, 1.165) is 15.9 Å². The summed E-state index contributed by atoms with van der Waals surface area (Å²) < 4.78 is 14.8. The van der Waals surface area contributed by atoms with Crippen LogP contribution in [0.5, 0.6) is 0 Å². The number of carbonyl (C=O) groups excluding carboxylic acids is 1. The van der Waals surface area contributed by atoms with Crippen LogP contribution in [0.25, 0.3) is 10.2 Å². The molecule has 1 aromatic carbocycles. The lowest BCUT2D eigenvalue weighted by Crippen LogP contribution is -2.29. The van der Waals surface area contributed by atoms with Gasteiger partial charge < -0.3 is 4.90 Å². The van der Waals surface area contributed by atoms with E-state index in [1.165, 1.54) is 23.5 Å². The molecule has 0 spiro atoms. The van der Waals surface area contributed by atoms with Crippen LogP contribution in [0, 0.1) is 12.7 Å². The number of nitrogens with zero attached hydrogens (tertiary/aromatic N) is 3. The van der Waals surface area contributed by atoms with Crippen molar-refractivity contribution in [2.45, 2.75) is 13.8 Å². The van der Waals surface area contributed by atoms with Gasteiger partial charge in [-0.25, -0.2) is 4.39 Å². The fourth-order valence-electron chi connectivity index (χ4n) is 2.51. The van der Waals surface area contributed by atoms with Crippen molar-refractivity contribution in [3.63, 3.8) is 0 Å². The van der Waals surface area contributed by atoms with Gasteiger partial charge in [-0.2, -0.15) is 5.10 Å². The monoisotopic (exact) mass is 317 g/mol. The van der Waals surface area contributed by atoms with Crippen LogP contribution in [0.1, 0.15) is 22.3 Å². The summed E-state index contributed by atoms with van der Waals surface area (Å²) in [4.78, 5) is 16.1. The quantitative estimate of drug-likeness (QED) is 0.738. The van der Waals surface area contributed by atoms with Crippen LogP contribution in [0.2, 0.25) is 0 Å². The Morgan fingerprint density at radius 1 is 1.36 bits per heavy atom. The molecule has 2 heterocycles. The molecule has 4 nitrogen and oxygen atoms in total. The van der Waals surface area contributed by atoms with Crippen molar-refractivity contribution in [3.05, 3.63) is 46.7 Å². The molecule has 0 atom stereocenters. The highest BCUT2D eigenvalue weighted by Gasteiger charge is 2.20. The summed E-state index contributed by atoms with van der Waals surface area (Å²) in [5.74, 6) is -0.384. The Bertz CT molecular complexity index is 801. The number of hydrogen-bond acceptors (Lipinski definition) is 3. The topological polar surface area (TPSA) is 38.1 Å². The Hall–Kier alpha value is -2.21. The molecule has 0 fully saturated rings. The number of fused-ring (bicyclic) bond motifs is 1. The molecule has 6 heteroatoms. The third kappa shape index (κ3) is 2.39. The fraction of sp³-hybridized carbons (Fsp3) is 0.250. The van der Waals surface area contributed by atoms with Crippen LogP contribution >= 0.6 is 11.3 Å². The van der Waals surface area contributed by atoms with E-state index in [0.29, 0.717) is 17.1 Å². The van der Waals surface area contributed by atoms with Crippen molar-refractivity contribution in [2.75, 3.05) is 11.4 Å². The lowest BCUT2D eigenvalue weighted by atomic mass is 10.2. The maximum Gasteiger partial charge on any atom is 0.268 e. The normalized spacial score (nSPS) is 11.1. The van der Waals surface area contributed by atoms with Gasteiger partial charge in [0.2, 0.25) is 0 Å². The number of benzene rings is 1. The van der Waals surface area contributed by atoms with Crippen LogP contribution in [0.4, 0.5) is 10.1 Å². The Morgan fingerprint density at radius 2 is 2.05 bits per heavy atom. The highest BCUT2D eigenvalue weighted by Crippen LogP contribution is 2.29. The molecule has 0 radical (unpaired) electrons. The summed E-state index contributed by atoms with van der Waals surface area (Å²) in [5.41, 5.74) is 1.61. The van der Waals surface area contributed by atoms with Gasteiger partial charge in [0, 0.05) is 24.7 Å². The van der Waals surface area contributed by atoms with Gasteiger partial charge in [-0.15, -0.1) is 11.3 Å². The zero-order valence-electron chi connectivity index (χ0n) is 12.6. The largest absolute Gasteiger partial charge is 0.308 e. The zero-order valence-corrected chi connectivity index (χ0v) is 13.4. The standard InChI is InChI=1S/C16H16FN3OS/c1-4-20(12-7-5-11(17)6-8-12)15(21)14-9-13-10(2)18-19(3)16(13)22-14/h5-9H,4H2,1-3H3. The third-order valence-electron chi connectivity index (χ3n) is 3.61. The van der Waals surface area contributed by atoms with E-state index in [1.807, 2.05) is 27.0 Å². The minimum absolute atomic E-state index is 0.0743. The van der Waals surface area contributed by atoms with Crippen molar-refractivity contribution in [3.8, 4) is 0 Å². The number of carbonyl (C=O) groups is 1. The van der Waals surface area contributed by atoms with Gasteiger partial charge in [0.15, 0.2) is 0 Å². The first kappa shape index (κ1) is 14.7. The summed E-state index contributed by atoms with van der Waals surface area (Å²) >= 11 is 1.43. The van der Waals surface area contributed by atoms with E-state index in [9.17, 15) is 9.18 Å². The van der Waals surface area contributed by atoms with Gasteiger partial charge in [0.1, 0.15) is 10.6 Å². The van der Waals surface area contributed by atoms with Crippen LogP contribution < -0.4 is 4.90 Å². The van der Waals surface area contributed by atoms with Crippen LogP contribution in [0.15, 0.2) is 30.3 Å². The maximum atomic E-state index is 13.1. The Balaban J connectivity index is 1.99. The lowest BCUT2D eigenvalue weighted by Gasteiger charge is -2.20. The van der Waals surface area contributed by atoms with E-state index >= 15 is 0 Å². The second-order valence-electron chi connectivity index (χ2n) is 5.06. The summed E-state index contributed by atoms with van der Waals surface area (Å²) in [6.45, 7) is 4.36. The summed E-state index contributed by atoms with van der Waals surface area (Å²) in [6.07, 6.45) is 0. The lowest BCUT2D eigenvalue weighted by molar-refractivity contribution is 0.0992. The molecule has 2 aromatic heterocycles. The van der Waals surface area contributed by atoms with Gasteiger partial charge in [0.05, 0.1) is 10.6 Å². The van der Waals surface area contributed by atoms with E-state index in [2.05, 4.69) is 5.10 Å². The molecule has 3 rings (SSSR count). The van der Waals surface area contributed by atoms with Crippen LogP contribution in [-0.2, 0) is 7.05 Å². The van der Waals surface area contributed by atoms with Gasteiger partial charge in [0.25, 0.3) is 5.91 Å². The van der Waals surface area contributed by atoms with Gasteiger partial charge in [-0.3, -0.25) is 9.48 Å². The Labute approximate surface area is 131 Å². The van der Waals surface area contributed by atoms with Crippen molar-refractivity contribution in [1.29, 1.82) is 0 Å². The van der Waals surface area contributed by atoms with Crippen molar-refractivity contribution in [1.82, 2.24) is 9.78 Å². The molecule has 0 saturated carbocycles. The number of thiophene rings is 1. The second kappa shape index (κ2) is 5.53. The fourth-order valence-corrected chi connectivity index (χ4v) is 3.58. The van der Waals surface area contributed by atoms with Crippen LogP contribution in [-0.4, -0.2) is 22.2 Å². The average Bonchev–Trinajstić information content (AvgIpc) is 3.04. The van der Waals surface area contributed by atoms with Crippen molar-refractivity contribution >= 4 is 33.1 Å². The number of halogens is 1. The molecule has 0 bridgehead atoms. The highest BCUT2D eigenvalue weighted by atomic mass is 32.1. The predicted molar refractivity (Wildman–Crippen MR) is 87.1 cm³/mol. The number of hydrogen-bond donors (Lipinski definition) is 0. The molecule has 114 valence electrons. The highest BCUT2D eigenvalue weighted by molar-refractivity contribution is 7.20. The minimum Gasteiger partial charge on any atom is -0.308 e. The molecular weight excluding hydrogens is 301 g/mol. The molecule has 22 heavy (non-hydrogen) atoms. The SMILES string of the molecule is CCN(C(=O)c1cc2c(C)nn(C)c2s1)c1ccc(F)cc1. The first-order valence-electron chi connectivity index (χ1n) is 7.02. The molecule has 0 N–H and O–H groups in total. The van der Waals surface area contributed by atoms with Gasteiger partial charge >= 0.3 is 0 Å². The smallest absolute Gasteiger partial charge is 0.268 e. The molecule has 0 aliphatic rings. The van der Waals surface area contributed by atoms with E-state index in [-0.39, 0.29) is 11.7 Å². The van der Waals surface area contributed by atoms with Crippen molar-refractivity contribution < 1.29 is 9.18 Å². The zero-order chi connectivity index (χ0) is 15.9. The molecule has 0 saturated heterocycles. The van der Waals surface area contributed by atoms with E-state index < -0.39 is 0 Å².